The van der Waals surface area contributed by atoms with Gasteiger partial charge in [-0.1, -0.05) is 90.3 Å². The van der Waals surface area contributed by atoms with Crippen molar-refractivity contribution in [2.45, 2.75) is 130 Å². The third-order valence-corrected chi connectivity index (χ3v) is 8.68. The lowest BCUT2D eigenvalue weighted by molar-refractivity contribution is -0.164. The molecule has 0 fully saturated rings. The molecule has 1 aromatic rings. The van der Waals surface area contributed by atoms with Crippen molar-refractivity contribution in [2.75, 3.05) is 6.61 Å². The Morgan fingerprint density at radius 1 is 0.962 bits per heavy atom. The zero-order chi connectivity index (χ0) is 39.7. The molecule has 294 valence electrons. The van der Waals surface area contributed by atoms with Crippen molar-refractivity contribution >= 4 is 35.8 Å². The van der Waals surface area contributed by atoms with Gasteiger partial charge in [-0.05, 0) is 64.0 Å². The van der Waals surface area contributed by atoms with Crippen LogP contribution in [0.25, 0.3) is 0 Å². The lowest BCUT2D eigenvalue weighted by Crippen LogP contribution is -2.53. The number of carbonyl (C=O) groups is 6. The Bertz CT molecular complexity index is 1440. The summed E-state index contributed by atoms with van der Waals surface area (Å²) in [7, 11) is 0. The summed E-state index contributed by atoms with van der Waals surface area (Å²) in [4.78, 5) is 79.7. The lowest BCUT2D eigenvalue weighted by atomic mass is 9.85. The highest BCUT2D eigenvalue weighted by molar-refractivity contribution is 5.94. The third kappa shape index (κ3) is 16.3. The van der Waals surface area contributed by atoms with Crippen LogP contribution in [-0.2, 0) is 44.6 Å². The first-order valence-corrected chi connectivity index (χ1v) is 18.6. The first-order valence-electron chi connectivity index (χ1n) is 18.6. The van der Waals surface area contributed by atoms with Crippen LogP contribution in [0.2, 0.25) is 0 Å². The van der Waals surface area contributed by atoms with Crippen LogP contribution in [0.15, 0.2) is 54.8 Å². The van der Waals surface area contributed by atoms with Crippen molar-refractivity contribution in [3.8, 4) is 0 Å². The Morgan fingerprint density at radius 2 is 1.64 bits per heavy atom. The monoisotopic (exact) mass is 740 g/mol. The Balaban J connectivity index is 2.46. The van der Waals surface area contributed by atoms with Crippen LogP contribution >= 0.6 is 0 Å². The predicted octanol–water partition coefficient (Wildman–Crippen LogP) is 5.04. The van der Waals surface area contributed by atoms with Crippen LogP contribution in [0.1, 0.15) is 99.5 Å². The van der Waals surface area contributed by atoms with Crippen molar-refractivity contribution in [2.24, 2.45) is 17.8 Å². The van der Waals surface area contributed by atoms with E-state index in [1.165, 1.54) is 13.0 Å². The number of hydrogen-bond acceptors (Lipinski definition) is 9. The molecule has 0 unspecified atom stereocenters. The highest BCUT2D eigenvalue weighted by Gasteiger charge is 2.39. The number of unbranched alkanes of at least 4 members (excludes halogenated alkanes) is 3. The number of nitrogens with one attached hydrogen (secondary N) is 4. The van der Waals surface area contributed by atoms with Gasteiger partial charge in [-0.2, -0.15) is 0 Å². The average Bonchev–Trinajstić information content (AvgIpc) is 3.07. The molecule has 0 aliphatic carbocycles. The van der Waals surface area contributed by atoms with Crippen LogP contribution in [0.3, 0.4) is 0 Å². The summed E-state index contributed by atoms with van der Waals surface area (Å²) < 4.78 is 17.3. The van der Waals surface area contributed by atoms with E-state index in [2.05, 4.69) is 34.8 Å². The molecule has 4 N–H and O–H groups in total. The van der Waals surface area contributed by atoms with Crippen molar-refractivity contribution in [3.05, 3.63) is 60.3 Å². The number of cyclic esters (lactones) is 1. The van der Waals surface area contributed by atoms with Crippen molar-refractivity contribution in [3.63, 3.8) is 0 Å². The molecule has 1 heterocycles. The molecule has 0 spiro atoms. The maximum atomic E-state index is 14.0. The fraction of sp³-hybridized carbons (Fsp3) is 0.600. The van der Waals surface area contributed by atoms with Crippen molar-refractivity contribution in [1.82, 2.24) is 21.3 Å². The fourth-order valence-corrected chi connectivity index (χ4v) is 5.76. The van der Waals surface area contributed by atoms with Gasteiger partial charge in [0.2, 0.25) is 17.7 Å². The van der Waals surface area contributed by atoms with Gasteiger partial charge in [0.1, 0.15) is 29.8 Å². The molecular weight excluding hydrogens is 680 g/mol. The SMILES string of the molecule is C=C1/C=C/C(=O)N[C@H](C)C(=O)N[C@@H](C(C)C)C(=O)O[C@@H]([C@H](C)CCCCCC)[C@H](CCOC(=O)[C@H](Cc2ccccc2)NC(=O)OC(C)(C)C)C(=O)N1. The maximum absolute atomic E-state index is 14.0. The summed E-state index contributed by atoms with van der Waals surface area (Å²) in [5, 5.41) is 10.5. The second-order valence-corrected chi connectivity index (χ2v) is 15.0. The van der Waals surface area contributed by atoms with E-state index in [4.69, 9.17) is 14.2 Å². The Labute approximate surface area is 314 Å². The van der Waals surface area contributed by atoms with Gasteiger partial charge in [0.05, 0.1) is 12.5 Å². The highest BCUT2D eigenvalue weighted by Crippen LogP contribution is 2.27. The second kappa shape index (κ2) is 21.8. The van der Waals surface area contributed by atoms with Gasteiger partial charge in [-0.15, -0.1) is 0 Å². The number of esters is 2. The molecule has 53 heavy (non-hydrogen) atoms. The molecule has 0 radical (unpaired) electrons. The lowest BCUT2D eigenvalue weighted by Gasteiger charge is -2.33. The number of benzene rings is 1. The number of allylic oxidation sites excluding steroid dienone is 1. The van der Waals surface area contributed by atoms with Crippen LogP contribution in [0, 0.1) is 17.8 Å². The van der Waals surface area contributed by atoms with E-state index in [0.717, 1.165) is 37.3 Å². The normalized spacial score (nSPS) is 22.2. The molecule has 13 heteroatoms. The molecule has 6 atom stereocenters. The standard InChI is InChI=1S/C40H60N4O9/c1-10-11-12-14-17-26(4)34-30(22-23-51-37(48)31(24-29-18-15-13-16-19-29)43-39(50)53-40(7,8)9)36(47)41-27(5)20-21-32(45)42-28(6)35(46)44-33(25(2)3)38(49)52-34/h13,15-16,18-21,25-26,28,30-31,33-34H,5,10-12,14,17,22-24H2,1-4,6-9H3,(H,41,47)(H,42,45)(H,43,50)(H,44,46)/b21-20+/t26-,28-,30+,31+,33+,34+/m1/s1. The molecular formula is C40H60N4O9. The van der Waals surface area contributed by atoms with E-state index >= 15 is 0 Å². The molecule has 0 bridgehead atoms. The summed E-state index contributed by atoms with van der Waals surface area (Å²) in [5.41, 5.74) is 0.0587. The van der Waals surface area contributed by atoms with Gasteiger partial charge in [-0.25, -0.2) is 14.4 Å². The minimum absolute atomic E-state index is 0.0630. The van der Waals surface area contributed by atoms with Gasteiger partial charge in [0.25, 0.3) is 0 Å². The van der Waals surface area contributed by atoms with E-state index < -0.39 is 77.4 Å². The number of ether oxygens (including phenoxy) is 3. The number of carbonyl (C=O) groups excluding carboxylic acids is 6. The van der Waals surface area contributed by atoms with E-state index in [0.29, 0.717) is 6.42 Å². The van der Waals surface area contributed by atoms with Gasteiger partial charge < -0.3 is 35.5 Å². The van der Waals surface area contributed by atoms with E-state index in [-0.39, 0.29) is 31.1 Å². The molecule has 0 saturated carbocycles. The Morgan fingerprint density at radius 3 is 2.26 bits per heavy atom. The third-order valence-electron chi connectivity index (χ3n) is 8.68. The van der Waals surface area contributed by atoms with Crippen LogP contribution in [-0.4, -0.2) is 72.2 Å². The molecule has 2 rings (SSSR count). The molecule has 13 nitrogen and oxygen atoms in total. The van der Waals surface area contributed by atoms with E-state index in [9.17, 15) is 28.8 Å². The minimum Gasteiger partial charge on any atom is -0.464 e. The number of amides is 4. The largest absolute Gasteiger partial charge is 0.464 e. The zero-order valence-corrected chi connectivity index (χ0v) is 32.6. The zero-order valence-electron chi connectivity index (χ0n) is 32.6. The van der Waals surface area contributed by atoms with Gasteiger partial charge in [0, 0.05) is 18.2 Å². The van der Waals surface area contributed by atoms with Gasteiger partial charge >= 0.3 is 18.0 Å². The van der Waals surface area contributed by atoms with E-state index in [1.807, 2.05) is 37.3 Å². The smallest absolute Gasteiger partial charge is 0.408 e. The summed E-state index contributed by atoms with van der Waals surface area (Å²) in [5.74, 6) is -4.96. The highest BCUT2D eigenvalue weighted by atomic mass is 16.6. The topological polar surface area (TPSA) is 178 Å². The summed E-state index contributed by atoms with van der Waals surface area (Å²) >= 11 is 0. The van der Waals surface area contributed by atoms with Crippen molar-refractivity contribution in [1.29, 1.82) is 0 Å². The van der Waals surface area contributed by atoms with Gasteiger partial charge in [-0.3, -0.25) is 14.4 Å². The Hall–Kier alpha value is -4.68. The Kier molecular flexibility index (Phi) is 18.3. The summed E-state index contributed by atoms with van der Waals surface area (Å²) in [6.07, 6.45) is 5.20. The number of hydrogen-bond donors (Lipinski definition) is 4. The predicted molar refractivity (Wildman–Crippen MR) is 201 cm³/mol. The maximum Gasteiger partial charge on any atom is 0.408 e. The average molecular weight is 741 g/mol. The molecule has 1 aliphatic heterocycles. The number of rotatable bonds is 14. The molecule has 1 aliphatic rings. The molecule has 1 aromatic carbocycles. The summed E-state index contributed by atoms with van der Waals surface area (Å²) in [6, 6.07) is 5.95. The number of alkyl carbamates (subject to hydrolysis) is 1. The molecule has 0 aromatic heterocycles. The molecule has 4 amide bonds. The van der Waals surface area contributed by atoms with Crippen molar-refractivity contribution < 1.29 is 43.0 Å². The fourth-order valence-electron chi connectivity index (χ4n) is 5.76. The quantitative estimate of drug-likeness (QED) is 0.116. The van der Waals surface area contributed by atoms with Gasteiger partial charge in [0.15, 0.2) is 0 Å². The minimum atomic E-state index is -1.10. The van der Waals surface area contributed by atoms with E-state index in [1.54, 1.807) is 34.6 Å². The van der Waals surface area contributed by atoms with Crippen LogP contribution in [0.5, 0.6) is 0 Å². The van der Waals surface area contributed by atoms with Crippen LogP contribution in [0.4, 0.5) is 4.79 Å². The second-order valence-electron chi connectivity index (χ2n) is 15.0. The first kappa shape index (κ1) is 44.5. The first-order chi connectivity index (χ1) is 24.9. The molecule has 0 saturated heterocycles. The summed E-state index contributed by atoms with van der Waals surface area (Å²) in [6.45, 7) is 17.7. The van der Waals surface area contributed by atoms with Crippen LogP contribution < -0.4 is 21.3 Å².